The second-order valence-corrected chi connectivity index (χ2v) is 5.83. The van der Waals surface area contributed by atoms with Crippen molar-refractivity contribution in [1.82, 2.24) is 4.90 Å². The van der Waals surface area contributed by atoms with Crippen LogP contribution < -0.4 is 9.47 Å². The molecule has 0 saturated heterocycles. The Morgan fingerprint density at radius 1 is 1.12 bits per heavy atom. The molecule has 1 aliphatic carbocycles. The molecule has 2 aromatic rings. The lowest BCUT2D eigenvalue weighted by molar-refractivity contribution is 0.0726. The largest absolute Gasteiger partial charge is 0.493 e. The number of rotatable bonds is 6. The SMILES string of the molecule is COc1cccc(C(=O)N(Cc2ccc(F)cc2)C2CC2)c1OC. The number of carbonyl (C=O) groups is 1. The van der Waals surface area contributed by atoms with Crippen LogP contribution in [0.25, 0.3) is 0 Å². The van der Waals surface area contributed by atoms with Crippen molar-refractivity contribution in [3.8, 4) is 11.5 Å². The monoisotopic (exact) mass is 329 g/mol. The van der Waals surface area contributed by atoms with Gasteiger partial charge >= 0.3 is 0 Å². The van der Waals surface area contributed by atoms with Crippen molar-refractivity contribution >= 4 is 5.91 Å². The van der Waals surface area contributed by atoms with Crippen LogP contribution in [0, 0.1) is 5.82 Å². The third kappa shape index (κ3) is 3.35. The molecule has 0 bridgehead atoms. The van der Waals surface area contributed by atoms with Crippen molar-refractivity contribution in [3.05, 3.63) is 59.4 Å². The molecule has 1 aliphatic rings. The Kier molecular flexibility index (Phi) is 4.69. The number of amides is 1. The fourth-order valence-electron chi connectivity index (χ4n) is 2.75. The number of methoxy groups -OCH3 is 2. The number of benzene rings is 2. The van der Waals surface area contributed by atoms with E-state index in [9.17, 15) is 9.18 Å². The van der Waals surface area contributed by atoms with Gasteiger partial charge in [-0.2, -0.15) is 0 Å². The second kappa shape index (κ2) is 6.91. The Morgan fingerprint density at radius 2 is 1.83 bits per heavy atom. The summed E-state index contributed by atoms with van der Waals surface area (Å²) >= 11 is 0. The van der Waals surface area contributed by atoms with Gasteiger partial charge in [-0.25, -0.2) is 4.39 Å². The van der Waals surface area contributed by atoms with Gasteiger partial charge in [0.05, 0.1) is 19.8 Å². The second-order valence-electron chi connectivity index (χ2n) is 5.83. The van der Waals surface area contributed by atoms with Crippen molar-refractivity contribution in [3.63, 3.8) is 0 Å². The summed E-state index contributed by atoms with van der Waals surface area (Å²) in [6.45, 7) is 0.449. The van der Waals surface area contributed by atoms with Gasteiger partial charge in [0.1, 0.15) is 5.82 Å². The van der Waals surface area contributed by atoms with Gasteiger partial charge in [0.15, 0.2) is 11.5 Å². The van der Waals surface area contributed by atoms with E-state index in [2.05, 4.69) is 0 Å². The molecule has 4 nitrogen and oxygen atoms in total. The van der Waals surface area contributed by atoms with Crippen LogP contribution in [-0.4, -0.2) is 31.1 Å². The molecular formula is C19H20FNO3. The zero-order valence-corrected chi connectivity index (χ0v) is 13.8. The predicted molar refractivity (Wildman–Crippen MR) is 88.8 cm³/mol. The number of ether oxygens (including phenoxy) is 2. The fourth-order valence-corrected chi connectivity index (χ4v) is 2.75. The van der Waals surface area contributed by atoms with Gasteiger partial charge in [-0.05, 0) is 42.7 Å². The number of carbonyl (C=O) groups excluding carboxylic acids is 1. The summed E-state index contributed by atoms with van der Waals surface area (Å²) in [5, 5.41) is 0. The Balaban J connectivity index is 1.89. The topological polar surface area (TPSA) is 38.8 Å². The molecule has 0 aliphatic heterocycles. The highest BCUT2D eigenvalue weighted by Crippen LogP contribution is 2.35. The van der Waals surface area contributed by atoms with E-state index >= 15 is 0 Å². The molecule has 5 heteroatoms. The minimum Gasteiger partial charge on any atom is -0.493 e. The summed E-state index contributed by atoms with van der Waals surface area (Å²) in [5.74, 6) is 0.589. The van der Waals surface area contributed by atoms with E-state index in [0.717, 1.165) is 18.4 Å². The standard InChI is InChI=1S/C19H20FNO3/c1-23-17-5-3-4-16(18(17)24-2)19(22)21(15-10-11-15)12-13-6-8-14(20)9-7-13/h3-9,15H,10-12H2,1-2H3. The number of halogens is 1. The van der Waals surface area contributed by atoms with E-state index in [1.807, 2.05) is 4.90 Å². The predicted octanol–water partition coefficient (Wildman–Crippen LogP) is 3.65. The molecule has 1 saturated carbocycles. The number of hydrogen-bond donors (Lipinski definition) is 0. The zero-order chi connectivity index (χ0) is 17.1. The lowest BCUT2D eigenvalue weighted by Crippen LogP contribution is -2.32. The maximum atomic E-state index is 13.1. The average molecular weight is 329 g/mol. The van der Waals surface area contributed by atoms with Crippen molar-refractivity contribution in [2.24, 2.45) is 0 Å². The molecule has 0 unspecified atom stereocenters. The summed E-state index contributed by atoms with van der Waals surface area (Å²) in [6.07, 6.45) is 1.97. The molecule has 0 atom stereocenters. The lowest BCUT2D eigenvalue weighted by atomic mass is 10.1. The van der Waals surface area contributed by atoms with Crippen LogP contribution >= 0.6 is 0 Å². The highest BCUT2D eigenvalue weighted by molar-refractivity contribution is 5.98. The third-order valence-electron chi connectivity index (χ3n) is 4.15. The Morgan fingerprint density at radius 3 is 2.42 bits per heavy atom. The van der Waals surface area contributed by atoms with Crippen LogP contribution in [0.5, 0.6) is 11.5 Å². The van der Waals surface area contributed by atoms with Gasteiger partial charge in [-0.3, -0.25) is 4.79 Å². The molecule has 1 fully saturated rings. The smallest absolute Gasteiger partial charge is 0.258 e. The highest BCUT2D eigenvalue weighted by atomic mass is 19.1. The maximum absolute atomic E-state index is 13.1. The first-order valence-corrected chi connectivity index (χ1v) is 7.90. The van der Waals surface area contributed by atoms with Crippen LogP contribution in [0.15, 0.2) is 42.5 Å². The van der Waals surface area contributed by atoms with Crippen molar-refractivity contribution < 1.29 is 18.7 Å². The van der Waals surface area contributed by atoms with Gasteiger partial charge in [-0.1, -0.05) is 18.2 Å². The van der Waals surface area contributed by atoms with Gasteiger partial charge in [0.2, 0.25) is 0 Å². The number of para-hydroxylation sites is 1. The first-order chi connectivity index (χ1) is 11.6. The molecule has 0 heterocycles. The number of nitrogens with zero attached hydrogens (tertiary/aromatic N) is 1. The van der Waals surface area contributed by atoms with E-state index in [1.165, 1.54) is 19.2 Å². The van der Waals surface area contributed by atoms with Crippen molar-refractivity contribution in [2.75, 3.05) is 14.2 Å². The highest BCUT2D eigenvalue weighted by Gasteiger charge is 2.34. The maximum Gasteiger partial charge on any atom is 0.258 e. The van der Waals surface area contributed by atoms with Crippen molar-refractivity contribution in [2.45, 2.75) is 25.4 Å². The van der Waals surface area contributed by atoms with E-state index in [4.69, 9.17) is 9.47 Å². The summed E-state index contributed by atoms with van der Waals surface area (Å²) in [5.41, 5.74) is 1.38. The van der Waals surface area contributed by atoms with Crippen LogP contribution in [-0.2, 0) is 6.54 Å². The molecule has 0 aromatic heterocycles. The first kappa shape index (κ1) is 16.3. The van der Waals surface area contributed by atoms with Gasteiger partial charge in [0, 0.05) is 12.6 Å². The molecule has 0 spiro atoms. The molecule has 24 heavy (non-hydrogen) atoms. The van der Waals surface area contributed by atoms with Crippen LogP contribution in [0.4, 0.5) is 4.39 Å². The molecule has 126 valence electrons. The fraction of sp³-hybridized carbons (Fsp3) is 0.316. The third-order valence-corrected chi connectivity index (χ3v) is 4.15. The minimum absolute atomic E-state index is 0.0995. The summed E-state index contributed by atoms with van der Waals surface area (Å²) in [6, 6.07) is 11.7. The molecule has 3 rings (SSSR count). The molecule has 2 aromatic carbocycles. The first-order valence-electron chi connectivity index (χ1n) is 7.90. The Labute approximate surface area is 140 Å². The van der Waals surface area contributed by atoms with Crippen LogP contribution in [0.1, 0.15) is 28.8 Å². The van der Waals surface area contributed by atoms with Gasteiger partial charge in [-0.15, -0.1) is 0 Å². The normalized spacial score (nSPS) is 13.5. The zero-order valence-electron chi connectivity index (χ0n) is 13.8. The lowest BCUT2D eigenvalue weighted by Gasteiger charge is -2.24. The summed E-state index contributed by atoms with van der Waals surface area (Å²) in [7, 11) is 3.07. The van der Waals surface area contributed by atoms with E-state index in [1.54, 1.807) is 37.4 Å². The summed E-state index contributed by atoms with van der Waals surface area (Å²) in [4.78, 5) is 14.9. The van der Waals surface area contributed by atoms with Crippen molar-refractivity contribution in [1.29, 1.82) is 0 Å². The van der Waals surface area contributed by atoms with Gasteiger partial charge in [0.25, 0.3) is 5.91 Å². The van der Waals surface area contributed by atoms with Gasteiger partial charge < -0.3 is 14.4 Å². The van der Waals surface area contributed by atoms with E-state index in [0.29, 0.717) is 23.6 Å². The molecule has 1 amide bonds. The molecular weight excluding hydrogens is 309 g/mol. The summed E-state index contributed by atoms with van der Waals surface area (Å²) < 4.78 is 23.7. The average Bonchev–Trinajstić information content (AvgIpc) is 3.44. The quantitative estimate of drug-likeness (QED) is 0.812. The van der Waals surface area contributed by atoms with Crippen LogP contribution in [0.3, 0.4) is 0 Å². The number of hydrogen-bond acceptors (Lipinski definition) is 3. The minimum atomic E-state index is -0.280. The molecule has 0 N–H and O–H groups in total. The van der Waals surface area contributed by atoms with E-state index < -0.39 is 0 Å². The van der Waals surface area contributed by atoms with Crippen LogP contribution in [0.2, 0.25) is 0 Å². The Hall–Kier alpha value is -2.56. The molecule has 0 radical (unpaired) electrons. The Bertz CT molecular complexity index is 726. The van der Waals surface area contributed by atoms with E-state index in [-0.39, 0.29) is 17.8 Å².